The highest BCUT2D eigenvalue weighted by atomic mass is 16.4. The van der Waals surface area contributed by atoms with E-state index in [1.54, 1.807) is 12.4 Å². The van der Waals surface area contributed by atoms with Crippen molar-refractivity contribution in [2.75, 3.05) is 11.9 Å². The molecule has 0 unspecified atom stereocenters. The van der Waals surface area contributed by atoms with Gasteiger partial charge in [-0.15, -0.1) is 0 Å². The zero-order valence-electron chi connectivity index (χ0n) is 11.8. The summed E-state index contributed by atoms with van der Waals surface area (Å²) in [6.07, 6.45) is 13.5. The highest BCUT2D eigenvalue weighted by Gasteiger charge is 2.18. The van der Waals surface area contributed by atoms with Gasteiger partial charge in [0.1, 0.15) is 0 Å². The zero-order valence-corrected chi connectivity index (χ0v) is 11.8. The Morgan fingerprint density at radius 3 is 2.40 bits per heavy atom. The molecule has 5 heteroatoms. The number of rotatable bonds is 4. The molecule has 0 saturated heterocycles. The smallest absolute Gasteiger partial charge is 0.328 e. The highest BCUT2D eigenvalue weighted by molar-refractivity contribution is 5.85. The fourth-order valence-electron chi connectivity index (χ4n) is 2.58. The van der Waals surface area contributed by atoms with Crippen LogP contribution >= 0.6 is 0 Å². The molecule has 1 heterocycles. The Kier molecular flexibility index (Phi) is 5.09. The van der Waals surface area contributed by atoms with Gasteiger partial charge in [0, 0.05) is 37.1 Å². The Morgan fingerprint density at radius 1 is 1.25 bits per heavy atom. The quantitative estimate of drug-likeness (QED) is 0.676. The molecule has 1 fully saturated rings. The van der Waals surface area contributed by atoms with Crippen molar-refractivity contribution < 1.29 is 9.90 Å². The van der Waals surface area contributed by atoms with Crippen LogP contribution in [0.2, 0.25) is 0 Å². The second-order valence-corrected chi connectivity index (χ2v) is 5.24. The molecule has 2 rings (SSSR count). The molecule has 0 aromatic carbocycles. The Labute approximate surface area is 119 Å². The van der Waals surface area contributed by atoms with Gasteiger partial charge < -0.3 is 10.0 Å². The van der Waals surface area contributed by atoms with Gasteiger partial charge in [0.15, 0.2) is 0 Å². The van der Waals surface area contributed by atoms with Crippen molar-refractivity contribution in [2.45, 2.75) is 44.6 Å². The average Bonchev–Trinajstić information content (AvgIpc) is 2.74. The van der Waals surface area contributed by atoms with Gasteiger partial charge in [-0.1, -0.05) is 25.7 Å². The highest BCUT2D eigenvalue weighted by Crippen LogP contribution is 2.23. The molecule has 1 saturated carbocycles. The van der Waals surface area contributed by atoms with E-state index in [0.29, 0.717) is 17.6 Å². The molecule has 0 radical (unpaired) electrons. The van der Waals surface area contributed by atoms with E-state index in [1.165, 1.54) is 44.6 Å². The van der Waals surface area contributed by atoms with Crippen LogP contribution in [0.5, 0.6) is 0 Å². The van der Waals surface area contributed by atoms with Gasteiger partial charge in [0.2, 0.25) is 5.95 Å². The summed E-state index contributed by atoms with van der Waals surface area (Å²) in [7, 11) is 2.04. The van der Waals surface area contributed by atoms with Gasteiger partial charge in [-0.05, 0) is 18.9 Å². The Hall–Kier alpha value is -1.91. The van der Waals surface area contributed by atoms with Gasteiger partial charge in [0.25, 0.3) is 0 Å². The molecule has 108 valence electrons. The van der Waals surface area contributed by atoms with Crippen molar-refractivity contribution in [3.8, 4) is 0 Å². The number of carboxylic acid groups (broad SMARTS) is 1. The summed E-state index contributed by atoms with van der Waals surface area (Å²) < 4.78 is 0. The Morgan fingerprint density at radius 2 is 1.85 bits per heavy atom. The lowest BCUT2D eigenvalue weighted by atomic mass is 10.1. The molecule has 0 spiro atoms. The molecule has 0 amide bonds. The lowest BCUT2D eigenvalue weighted by Crippen LogP contribution is -2.32. The van der Waals surface area contributed by atoms with Crippen molar-refractivity contribution in [3.05, 3.63) is 24.0 Å². The van der Waals surface area contributed by atoms with Crippen LogP contribution in [-0.4, -0.2) is 34.1 Å². The summed E-state index contributed by atoms with van der Waals surface area (Å²) >= 11 is 0. The molecule has 1 N–H and O–H groups in total. The maximum absolute atomic E-state index is 10.5. The van der Waals surface area contributed by atoms with Crippen molar-refractivity contribution >= 4 is 18.0 Å². The standard InChI is InChI=1S/C15H21N3O2/c1-18(13-6-4-2-3-5-7-13)15-16-10-12(11-17-15)8-9-14(19)20/h8-11,13H,2-7H2,1H3,(H,19,20)/b9-8+. The van der Waals surface area contributed by atoms with Crippen LogP contribution < -0.4 is 4.90 Å². The minimum Gasteiger partial charge on any atom is -0.478 e. The maximum Gasteiger partial charge on any atom is 0.328 e. The number of hydrogen-bond acceptors (Lipinski definition) is 4. The third kappa shape index (κ3) is 4.05. The number of anilines is 1. The second-order valence-electron chi connectivity index (χ2n) is 5.24. The van der Waals surface area contributed by atoms with Crippen molar-refractivity contribution in [2.24, 2.45) is 0 Å². The van der Waals surface area contributed by atoms with E-state index < -0.39 is 5.97 Å². The van der Waals surface area contributed by atoms with Gasteiger partial charge in [-0.3, -0.25) is 0 Å². The molecule has 0 aliphatic heterocycles. The minimum absolute atomic E-state index is 0.512. The van der Waals surface area contributed by atoms with Crippen LogP contribution in [0.1, 0.15) is 44.1 Å². The fraction of sp³-hybridized carbons (Fsp3) is 0.533. The monoisotopic (exact) mass is 275 g/mol. The van der Waals surface area contributed by atoms with E-state index in [2.05, 4.69) is 14.9 Å². The first-order valence-electron chi connectivity index (χ1n) is 7.12. The molecule has 0 atom stereocenters. The van der Waals surface area contributed by atoms with Gasteiger partial charge in [-0.25, -0.2) is 14.8 Å². The first kappa shape index (κ1) is 14.5. The number of aromatic nitrogens is 2. The number of carboxylic acids is 1. The van der Waals surface area contributed by atoms with E-state index in [4.69, 9.17) is 5.11 Å². The predicted octanol–water partition coefficient (Wildman–Crippen LogP) is 2.73. The van der Waals surface area contributed by atoms with Crippen LogP contribution in [0.3, 0.4) is 0 Å². The molecule has 20 heavy (non-hydrogen) atoms. The summed E-state index contributed by atoms with van der Waals surface area (Å²) in [5, 5.41) is 8.58. The largest absolute Gasteiger partial charge is 0.478 e. The minimum atomic E-state index is -0.968. The third-order valence-corrected chi connectivity index (χ3v) is 3.76. The summed E-state index contributed by atoms with van der Waals surface area (Å²) in [6, 6.07) is 0.512. The first-order chi connectivity index (χ1) is 9.66. The molecule has 5 nitrogen and oxygen atoms in total. The van der Waals surface area contributed by atoms with E-state index in [1.807, 2.05) is 7.05 Å². The topological polar surface area (TPSA) is 66.3 Å². The number of hydrogen-bond donors (Lipinski definition) is 1. The summed E-state index contributed by atoms with van der Waals surface area (Å²) in [5.41, 5.74) is 0.699. The van der Waals surface area contributed by atoms with E-state index >= 15 is 0 Å². The van der Waals surface area contributed by atoms with E-state index in [9.17, 15) is 4.79 Å². The molecular formula is C15H21N3O2. The zero-order chi connectivity index (χ0) is 14.4. The van der Waals surface area contributed by atoms with Crippen LogP contribution in [0.15, 0.2) is 18.5 Å². The molecule has 1 aliphatic rings. The van der Waals surface area contributed by atoms with Crippen LogP contribution in [0, 0.1) is 0 Å². The SMILES string of the molecule is CN(c1ncc(/C=C/C(=O)O)cn1)C1CCCCCC1. The number of nitrogens with zero attached hydrogens (tertiary/aromatic N) is 3. The molecule has 1 aromatic rings. The van der Waals surface area contributed by atoms with Crippen molar-refractivity contribution in [1.29, 1.82) is 0 Å². The molecular weight excluding hydrogens is 254 g/mol. The third-order valence-electron chi connectivity index (χ3n) is 3.76. The van der Waals surface area contributed by atoms with Crippen LogP contribution in [-0.2, 0) is 4.79 Å². The number of carbonyl (C=O) groups is 1. The second kappa shape index (κ2) is 7.03. The summed E-state index contributed by atoms with van der Waals surface area (Å²) in [4.78, 5) is 21.3. The molecule has 0 bridgehead atoms. The van der Waals surface area contributed by atoms with Crippen molar-refractivity contribution in [1.82, 2.24) is 9.97 Å². The lowest BCUT2D eigenvalue weighted by molar-refractivity contribution is -0.131. The van der Waals surface area contributed by atoms with Crippen molar-refractivity contribution in [3.63, 3.8) is 0 Å². The van der Waals surface area contributed by atoms with Gasteiger partial charge in [0.05, 0.1) is 0 Å². The maximum atomic E-state index is 10.5. The Balaban J connectivity index is 2.02. The Bertz CT molecular complexity index is 463. The predicted molar refractivity (Wildman–Crippen MR) is 78.6 cm³/mol. The van der Waals surface area contributed by atoms with Crippen LogP contribution in [0.25, 0.3) is 6.08 Å². The lowest BCUT2D eigenvalue weighted by Gasteiger charge is -2.27. The normalized spacial score (nSPS) is 17.1. The van der Waals surface area contributed by atoms with Gasteiger partial charge >= 0.3 is 5.97 Å². The fourth-order valence-corrected chi connectivity index (χ4v) is 2.58. The molecule has 1 aromatic heterocycles. The van der Waals surface area contributed by atoms with Gasteiger partial charge in [-0.2, -0.15) is 0 Å². The molecule has 1 aliphatic carbocycles. The summed E-state index contributed by atoms with van der Waals surface area (Å²) in [5.74, 6) is -0.256. The average molecular weight is 275 g/mol. The van der Waals surface area contributed by atoms with E-state index in [-0.39, 0.29) is 0 Å². The number of aliphatic carboxylic acids is 1. The van der Waals surface area contributed by atoms with Crippen LogP contribution in [0.4, 0.5) is 5.95 Å². The first-order valence-corrected chi connectivity index (χ1v) is 7.12. The van der Waals surface area contributed by atoms with E-state index in [0.717, 1.165) is 6.08 Å². The summed E-state index contributed by atoms with van der Waals surface area (Å²) in [6.45, 7) is 0.